The van der Waals surface area contributed by atoms with Gasteiger partial charge in [-0.25, -0.2) is 0 Å². The molecule has 2 unspecified atom stereocenters. The van der Waals surface area contributed by atoms with Crippen LogP contribution in [-0.4, -0.2) is 24.6 Å². The molecule has 3 rings (SSSR count). The lowest BCUT2D eigenvalue weighted by molar-refractivity contribution is 0.111. The SMILES string of the molecule is N#CC(COc1cccc(O)c1C=O)C(C#N)COc1cccc2occc12. The molecule has 3 aromatic rings. The predicted molar refractivity (Wildman–Crippen MR) is 98.9 cm³/mol. The highest BCUT2D eigenvalue weighted by Crippen LogP contribution is 2.28. The molecule has 0 aliphatic carbocycles. The molecule has 0 aliphatic rings. The van der Waals surface area contributed by atoms with Crippen molar-refractivity contribution in [1.29, 1.82) is 10.5 Å². The van der Waals surface area contributed by atoms with Crippen molar-refractivity contribution in [2.75, 3.05) is 13.2 Å². The third-order valence-electron chi connectivity index (χ3n) is 4.27. The average molecular weight is 376 g/mol. The number of nitriles is 2. The molecule has 0 amide bonds. The van der Waals surface area contributed by atoms with Crippen LogP contribution < -0.4 is 9.47 Å². The summed E-state index contributed by atoms with van der Waals surface area (Å²) in [5, 5.41) is 29.4. The van der Waals surface area contributed by atoms with Gasteiger partial charge in [-0.1, -0.05) is 12.1 Å². The Bertz CT molecular complexity index is 1060. The van der Waals surface area contributed by atoms with Gasteiger partial charge in [-0.15, -0.1) is 0 Å². The summed E-state index contributed by atoms with van der Waals surface area (Å²) < 4.78 is 16.6. The Kier molecular flexibility index (Phi) is 5.78. The maximum absolute atomic E-state index is 11.1. The van der Waals surface area contributed by atoms with Gasteiger partial charge < -0.3 is 19.0 Å². The number of rotatable bonds is 8. The molecular weight excluding hydrogens is 360 g/mol. The molecule has 7 heteroatoms. The van der Waals surface area contributed by atoms with E-state index in [9.17, 15) is 20.4 Å². The van der Waals surface area contributed by atoms with Crippen LogP contribution in [0.2, 0.25) is 0 Å². The fourth-order valence-corrected chi connectivity index (χ4v) is 2.71. The lowest BCUT2D eigenvalue weighted by Crippen LogP contribution is -2.25. The molecule has 1 aromatic heterocycles. The second kappa shape index (κ2) is 8.61. The van der Waals surface area contributed by atoms with E-state index in [2.05, 4.69) is 6.07 Å². The number of carbonyl (C=O) groups excluding carboxylic acids is 1. The van der Waals surface area contributed by atoms with E-state index < -0.39 is 11.8 Å². The number of nitrogens with zero attached hydrogens (tertiary/aromatic N) is 2. The summed E-state index contributed by atoms with van der Waals surface area (Å²) in [7, 11) is 0. The Morgan fingerprint density at radius 2 is 1.64 bits per heavy atom. The van der Waals surface area contributed by atoms with Gasteiger partial charge in [0.15, 0.2) is 6.29 Å². The first-order chi connectivity index (χ1) is 13.7. The zero-order valence-electron chi connectivity index (χ0n) is 14.7. The lowest BCUT2D eigenvalue weighted by Gasteiger charge is -2.18. The van der Waals surface area contributed by atoms with Gasteiger partial charge in [0.05, 0.1) is 41.2 Å². The molecule has 0 bridgehead atoms. The van der Waals surface area contributed by atoms with E-state index in [4.69, 9.17) is 13.9 Å². The smallest absolute Gasteiger partial charge is 0.157 e. The van der Waals surface area contributed by atoms with Crippen LogP contribution >= 0.6 is 0 Å². The molecule has 1 N–H and O–H groups in total. The molecule has 0 spiro atoms. The van der Waals surface area contributed by atoms with E-state index >= 15 is 0 Å². The van der Waals surface area contributed by atoms with Gasteiger partial charge in [-0.3, -0.25) is 4.79 Å². The van der Waals surface area contributed by atoms with E-state index in [0.29, 0.717) is 17.6 Å². The molecule has 0 saturated carbocycles. The predicted octanol–water partition coefficient (Wildman–Crippen LogP) is 3.69. The standard InChI is InChI=1S/C21H16N2O5/c22-9-14(12-27-20-6-2-5-19-16(20)7-8-26-19)15(10-23)13-28-21-4-1-3-18(25)17(21)11-24/h1-8,11,14-15,25H,12-13H2. The van der Waals surface area contributed by atoms with Crippen LogP contribution in [0.3, 0.4) is 0 Å². The number of phenolic OH excluding ortho intramolecular Hbond substituents is 1. The van der Waals surface area contributed by atoms with E-state index in [0.717, 1.165) is 5.39 Å². The molecule has 0 aliphatic heterocycles. The third kappa shape index (κ3) is 3.89. The summed E-state index contributed by atoms with van der Waals surface area (Å²) in [6, 6.07) is 15.6. The first kappa shape index (κ1) is 18.8. The normalized spacial score (nSPS) is 12.5. The van der Waals surface area contributed by atoms with Crippen LogP contribution in [0, 0.1) is 34.5 Å². The minimum atomic E-state index is -0.796. The number of fused-ring (bicyclic) bond motifs is 1. The third-order valence-corrected chi connectivity index (χ3v) is 4.27. The second-order valence-electron chi connectivity index (χ2n) is 5.99. The molecular formula is C21H16N2O5. The number of aldehydes is 1. The number of aromatic hydroxyl groups is 1. The monoisotopic (exact) mass is 376 g/mol. The average Bonchev–Trinajstić information content (AvgIpc) is 3.20. The Labute approximate surface area is 160 Å². The zero-order valence-corrected chi connectivity index (χ0v) is 14.7. The van der Waals surface area contributed by atoms with Crippen LogP contribution in [0.1, 0.15) is 10.4 Å². The first-order valence-electron chi connectivity index (χ1n) is 8.46. The fraction of sp³-hybridized carbons (Fsp3) is 0.190. The van der Waals surface area contributed by atoms with Gasteiger partial charge in [0, 0.05) is 0 Å². The largest absolute Gasteiger partial charge is 0.507 e. The summed E-state index contributed by atoms with van der Waals surface area (Å²) >= 11 is 0. The Morgan fingerprint density at radius 3 is 2.32 bits per heavy atom. The molecule has 28 heavy (non-hydrogen) atoms. The lowest BCUT2D eigenvalue weighted by atomic mass is 9.96. The summed E-state index contributed by atoms with van der Waals surface area (Å²) in [6.07, 6.45) is 2.02. The summed E-state index contributed by atoms with van der Waals surface area (Å²) in [5.41, 5.74) is 0.659. The van der Waals surface area contributed by atoms with Crippen molar-refractivity contribution in [1.82, 2.24) is 0 Å². The van der Waals surface area contributed by atoms with Crippen molar-refractivity contribution in [2.24, 2.45) is 11.8 Å². The van der Waals surface area contributed by atoms with Gasteiger partial charge in [0.1, 0.15) is 36.0 Å². The van der Waals surface area contributed by atoms with Crippen molar-refractivity contribution < 1.29 is 23.8 Å². The summed E-state index contributed by atoms with van der Waals surface area (Å²) in [5.74, 6) is -1.06. The minimum Gasteiger partial charge on any atom is -0.507 e. The van der Waals surface area contributed by atoms with Crippen LogP contribution in [-0.2, 0) is 0 Å². The quantitative estimate of drug-likeness (QED) is 0.596. The zero-order chi connectivity index (χ0) is 19.9. The van der Waals surface area contributed by atoms with Gasteiger partial charge in [-0.2, -0.15) is 10.5 Å². The topological polar surface area (TPSA) is 116 Å². The number of benzene rings is 2. The van der Waals surface area contributed by atoms with Gasteiger partial charge >= 0.3 is 0 Å². The summed E-state index contributed by atoms with van der Waals surface area (Å²) in [4.78, 5) is 11.1. The maximum atomic E-state index is 11.1. The van der Waals surface area contributed by atoms with Crippen LogP contribution in [0.4, 0.5) is 0 Å². The number of hydrogen-bond acceptors (Lipinski definition) is 7. The molecule has 2 atom stereocenters. The first-order valence-corrected chi connectivity index (χ1v) is 8.46. The number of furan rings is 1. The Balaban J connectivity index is 1.68. The van der Waals surface area contributed by atoms with Crippen LogP contribution in [0.25, 0.3) is 11.0 Å². The van der Waals surface area contributed by atoms with Crippen molar-refractivity contribution in [2.45, 2.75) is 0 Å². The second-order valence-corrected chi connectivity index (χ2v) is 5.99. The number of hydrogen-bond donors (Lipinski definition) is 1. The van der Waals surface area contributed by atoms with Crippen molar-refractivity contribution in [3.8, 4) is 29.4 Å². The van der Waals surface area contributed by atoms with Crippen LogP contribution in [0.5, 0.6) is 17.2 Å². The molecule has 2 aromatic carbocycles. The van der Waals surface area contributed by atoms with Crippen molar-refractivity contribution >= 4 is 17.3 Å². The maximum Gasteiger partial charge on any atom is 0.157 e. The Morgan fingerprint density at radius 1 is 1.00 bits per heavy atom. The Hall–Kier alpha value is -3.97. The molecule has 0 saturated heterocycles. The molecule has 140 valence electrons. The highest BCUT2D eigenvalue weighted by atomic mass is 16.5. The highest BCUT2D eigenvalue weighted by molar-refractivity contribution is 5.84. The van der Waals surface area contributed by atoms with Crippen molar-refractivity contribution in [3.05, 3.63) is 54.3 Å². The number of carbonyl (C=O) groups is 1. The molecule has 0 radical (unpaired) electrons. The summed E-state index contributed by atoms with van der Waals surface area (Å²) in [6.45, 7) is -0.138. The molecule has 0 fully saturated rings. The van der Waals surface area contributed by atoms with Crippen LogP contribution in [0.15, 0.2) is 53.1 Å². The van der Waals surface area contributed by atoms with E-state index in [-0.39, 0.29) is 30.3 Å². The highest BCUT2D eigenvalue weighted by Gasteiger charge is 2.24. The minimum absolute atomic E-state index is 0.00409. The number of phenols is 1. The van der Waals surface area contributed by atoms with Gasteiger partial charge in [-0.05, 0) is 30.3 Å². The molecule has 1 heterocycles. The fourth-order valence-electron chi connectivity index (χ4n) is 2.71. The molecule has 7 nitrogen and oxygen atoms in total. The van der Waals surface area contributed by atoms with Gasteiger partial charge in [0.25, 0.3) is 0 Å². The van der Waals surface area contributed by atoms with E-state index in [1.165, 1.54) is 18.2 Å². The number of ether oxygens (including phenoxy) is 2. The van der Waals surface area contributed by atoms with Gasteiger partial charge in [0.2, 0.25) is 0 Å². The van der Waals surface area contributed by atoms with Crippen molar-refractivity contribution in [3.63, 3.8) is 0 Å². The van der Waals surface area contributed by atoms with E-state index in [1.807, 2.05) is 6.07 Å². The van der Waals surface area contributed by atoms with E-state index in [1.54, 1.807) is 30.5 Å².